The van der Waals surface area contributed by atoms with Gasteiger partial charge in [-0.1, -0.05) is 212 Å². The molecule has 0 N–H and O–H groups in total. The number of benzene rings is 13. The van der Waals surface area contributed by atoms with E-state index >= 15 is 0 Å². The number of aromatic nitrogens is 1. The standard InChI is InChI=1S/C72H46N2O/c1-5-18-47(19-6-1)50-32-37-55(38-33-50)73(56-39-42-67-63(46-56)58-28-15-16-31-66(58)74(67)54-25-11-4-12-26-54)71-60-41-35-52(48-20-7-2-8-21-48)44-64(60)69(59-40-34-53(45-65(59)71)49-22-9-3-10-23-49)61-29-17-30-62-70-57-27-14-13-24-51(57)36-43-68(70)75-72(61)62/h1-46H. The first-order valence-electron chi connectivity index (χ1n) is 25.7. The van der Waals surface area contributed by atoms with Crippen molar-refractivity contribution in [3.63, 3.8) is 0 Å². The molecule has 15 rings (SSSR count). The normalized spacial score (nSPS) is 11.7. The molecule has 3 nitrogen and oxygen atoms in total. The van der Waals surface area contributed by atoms with Crippen molar-refractivity contribution in [3.05, 3.63) is 279 Å². The molecule has 0 atom stereocenters. The van der Waals surface area contributed by atoms with Gasteiger partial charge in [0.05, 0.1) is 16.7 Å². The molecule has 75 heavy (non-hydrogen) atoms. The first-order chi connectivity index (χ1) is 37.2. The summed E-state index contributed by atoms with van der Waals surface area (Å²) in [7, 11) is 0. The molecule has 2 aromatic heterocycles. The maximum atomic E-state index is 7.11. The molecular weight excluding hydrogens is 909 g/mol. The van der Waals surface area contributed by atoms with Crippen LogP contribution in [0.4, 0.5) is 17.1 Å². The predicted molar refractivity (Wildman–Crippen MR) is 317 cm³/mol. The molecule has 0 radical (unpaired) electrons. The summed E-state index contributed by atoms with van der Waals surface area (Å²) >= 11 is 0. The zero-order valence-electron chi connectivity index (χ0n) is 40.9. The number of hydrogen-bond acceptors (Lipinski definition) is 2. The average molecular weight is 955 g/mol. The Balaban J connectivity index is 1.08. The maximum Gasteiger partial charge on any atom is 0.143 e. The highest BCUT2D eigenvalue weighted by atomic mass is 16.3. The molecule has 2 heterocycles. The molecule has 0 bridgehead atoms. The summed E-state index contributed by atoms with van der Waals surface area (Å²) in [5.41, 5.74) is 17.6. The molecule has 0 aliphatic carbocycles. The molecule has 13 aromatic carbocycles. The Hall–Kier alpha value is -9.96. The third kappa shape index (κ3) is 6.97. The summed E-state index contributed by atoms with van der Waals surface area (Å²) < 4.78 is 9.51. The molecule has 0 unspecified atom stereocenters. The minimum absolute atomic E-state index is 0.880. The highest BCUT2D eigenvalue weighted by molar-refractivity contribution is 6.28. The average Bonchev–Trinajstić information content (AvgIpc) is 4.05. The summed E-state index contributed by atoms with van der Waals surface area (Å²) in [6.07, 6.45) is 0. The molecule has 0 fully saturated rings. The Morgan fingerprint density at radius 3 is 1.57 bits per heavy atom. The van der Waals surface area contributed by atoms with E-state index in [2.05, 4.69) is 289 Å². The van der Waals surface area contributed by atoms with Crippen LogP contribution in [-0.2, 0) is 0 Å². The van der Waals surface area contributed by atoms with Gasteiger partial charge < -0.3 is 13.9 Å². The van der Waals surface area contributed by atoms with Crippen molar-refractivity contribution < 1.29 is 4.42 Å². The van der Waals surface area contributed by atoms with Crippen LogP contribution in [0.1, 0.15) is 0 Å². The number of nitrogens with zero attached hydrogens (tertiary/aromatic N) is 2. The zero-order chi connectivity index (χ0) is 49.4. The molecule has 350 valence electrons. The monoisotopic (exact) mass is 954 g/mol. The molecule has 0 amide bonds. The van der Waals surface area contributed by atoms with E-state index in [1.165, 1.54) is 32.6 Å². The zero-order valence-corrected chi connectivity index (χ0v) is 40.9. The highest BCUT2D eigenvalue weighted by Gasteiger charge is 2.27. The van der Waals surface area contributed by atoms with Crippen molar-refractivity contribution in [2.75, 3.05) is 4.90 Å². The van der Waals surface area contributed by atoms with Gasteiger partial charge in [0.25, 0.3) is 0 Å². The fourth-order valence-corrected chi connectivity index (χ4v) is 11.9. The lowest BCUT2D eigenvalue weighted by atomic mass is 9.86. The van der Waals surface area contributed by atoms with E-state index in [9.17, 15) is 0 Å². The van der Waals surface area contributed by atoms with Gasteiger partial charge in [-0.2, -0.15) is 0 Å². The van der Waals surface area contributed by atoms with Crippen LogP contribution in [0, 0.1) is 0 Å². The number of anilines is 3. The van der Waals surface area contributed by atoms with E-state index in [1.807, 2.05) is 0 Å². The van der Waals surface area contributed by atoms with Crippen LogP contribution in [0.2, 0.25) is 0 Å². The number of fused-ring (bicyclic) bond motifs is 10. The molecule has 15 aromatic rings. The van der Waals surface area contributed by atoms with E-state index in [0.29, 0.717) is 0 Å². The largest absolute Gasteiger partial charge is 0.455 e. The van der Waals surface area contributed by atoms with Gasteiger partial charge in [0, 0.05) is 60.5 Å². The Morgan fingerprint density at radius 1 is 0.307 bits per heavy atom. The third-order valence-electron chi connectivity index (χ3n) is 15.3. The summed E-state index contributed by atoms with van der Waals surface area (Å²) in [5, 5.41) is 11.5. The minimum atomic E-state index is 0.880. The Kier molecular flexibility index (Phi) is 9.89. The quantitative estimate of drug-likeness (QED) is 0.142. The minimum Gasteiger partial charge on any atom is -0.455 e. The second kappa shape index (κ2) is 17.4. The van der Waals surface area contributed by atoms with Gasteiger partial charge in [-0.15, -0.1) is 0 Å². The molecule has 0 saturated carbocycles. The van der Waals surface area contributed by atoms with E-state index < -0.39 is 0 Å². The second-order valence-electron chi connectivity index (χ2n) is 19.6. The van der Waals surface area contributed by atoms with E-state index in [4.69, 9.17) is 4.42 Å². The van der Waals surface area contributed by atoms with Crippen LogP contribution in [-0.4, -0.2) is 4.57 Å². The Bertz CT molecular complexity index is 4670. The van der Waals surface area contributed by atoms with Gasteiger partial charge in [0.2, 0.25) is 0 Å². The molecular formula is C72H46N2O. The van der Waals surface area contributed by atoms with Crippen molar-refractivity contribution in [3.8, 4) is 50.2 Å². The molecule has 0 spiro atoms. The molecule has 0 aliphatic rings. The first kappa shape index (κ1) is 42.7. The van der Waals surface area contributed by atoms with Crippen molar-refractivity contribution in [2.24, 2.45) is 0 Å². The van der Waals surface area contributed by atoms with E-state index in [-0.39, 0.29) is 0 Å². The molecule has 0 saturated heterocycles. The molecule has 0 aliphatic heterocycles. The van der Waals surface area contributed by atoms with Gasteiger partial charge in [0.1, 0.15) is 11.2 Å². The van der Waals surface area contributed by atoms with Gasteiger partial charge in [-0.05, 0) is 122 Å². The summed E-state index contributed by atoms with van der Waals surface area (Å²) in [6, 6.07) is 102. The van der Waals surface area contributed by atoms with Crippen molar-refractivity contribution in [2.45, 2.75) is 0 Å². The van der Waals surface area contributed by atoms with Crippen LogP contribution in [0.15, 0.2) is 283 Å². The topological polar surface area (TPSA) is 21.3 Å². The number of rotatable bonds is 8. The number of furan rings is 1. The maximum absolute atomic E-state index is 7.11. The summed E-state index contributed by atoms with van der Waals surface area (Å²) in [4.78, 5) is 2.52. The van der Waals surface area contributed by atoms with Crippen molar-refractivity contribution >= 4 is 93.1 Å². The van der Waals surface area contributed by atoms with Crippen LogP contribution < -0.4 is 4.90 Å². The third-order valence-corrected chi connectivity index (χ3v) is 15.3. The predicted octanol–water partition coefficient (Wildman–Crippen LogP) is 20.3. The fourth-order valence-electron chi connectivity index (χ4n) is 11.9. The first-order valence-corrected chi connectivity index (χ1v) is 25.7. The highest BCUT2D eigenvalue weighted by Crippen LogP contribution is 2.52. The smallest absolute Gasteiger partial charge is 0.143 e. The van der Waals surface area contributed by atoms with Crippen molar-refractivity contribution in [1.82, 2.24) is 4.57 Å². The van der Waals surface area contributed by atoms with Crippen LogP contribution in [0.25, 0.3) is 126 Å². The molecule has 3 heteroatoms. The number of para-hydroxylation sites is 3. The lowest BCUT2D eigenvalue weighted by Crippen LogP contribution is -2.12. The summed E-state index contributed by atoms with van der Waals surface area (Å²) in [6.45, 7) is 0. The Labute approximate surface area is 434 Å². The van der Waals surface area contributed by atoms with Crippen LogP contribution in [0.3, 0.4) is 0 Å². The van der Waals surface area contributed by atoms with E-state index in [0.717, 1.165) is 111 Å². The summed E-state index contributed by atoms with van der Waals surface area (Å²) in [5.74, 6) is 0. The van der Waals surface area contributed by atoms with Crippen LogP contribution >= 0.6 is 0 Å². The van der Waals surface area contributed by atoms with Gasteiger partial charge in [0.15, 0.2) is 0 Å². The lowest BCUT2D eigenvalue weighted by molar-refractivity contribution is 0.670. The Morgan fingerprint density at radius 2 is 0.853 bits per heavy atom. The van der Waals surface area contributed by atoms with Gasteiger partial charge in [-0.25, -0.2) is 0 Å². The SMILES string of the molecule is c1ccc(-c2ccc(N(c3ccc4c(c3)c3ccccc3n4-c3ccccc3)c3c4ccc(-c5ccccc5)cc4c(-c4cccc5c4oc4ccc6ccccc6c45)c4ccc(-c5ccccc5)cc34)cc2)cc1. The van der Waals surface area contributed by atoms with E-state index in [1.54, 1.807) is 0 Å². The lowest BCUT2D eigenvalue weighted by Gasteiger charge is -2.30. The van der Waals surface area contributed by atoms with Gasteiger partial charge in [-0.3, -0.25) is 0 Å². The van der Waals surface area contributed by atoms with Crippen LogP contribution in [0.5, 0.6) is 0 Å². The number of hydrogen-bond donors (Lipinski definition) is 0. The second-order valence-corrected chi connectivity index (χ2v) is 19.6. The van der Waals surface area contributed by atoms with Gasteiger partial charge >= 0.3 is 0 Å². The fraction of sp³-hybridized carbons (Fsp3) is 0. The van der Waals surface area contributed by atoms with Crippen molar-refractivity contribution in [1.29, 1.82) is 0 Å².